The van der Waals surface area contributed by atoms with Crippen molar-refractivity contribution in [2.75, 3.05) is 26.4 Å². The Morgan fingerprint density at radius 2 is 2.17 bits per heavy atom. The first-order valence-corrected chi connectivity index (χ1v) is 5.69. The van der Waals surface area contributed by atoms with Crippen LogP contribution in [-0.4, -0.2) is 47.8 Å². The van der Waals surface area contributed by atoms with Crippen molar-refractivity contribution < 1.29 is 5.11 Å². The number of thioether (sulfide) groups is 1. The van der Waals surface area contributed by atoms with Gasteiger partial charge in [-0.3, -0.25) is 0 Å². The topological polar surface area (TPSA) is 23.5 Å². The minimum atomic E-state index is -0.0304. The summed E-state index contributed by atoms with van der Waals surface area (Å²) in [6.07, 6.45) is 3.40. The summed E-state index contributed by atoms with van der Waals surface area (Å²) in [5.41, 5.74) is 0. The summed E-state index contributed by atoms with van der Waals surface area (Å²) in [6.45, 7) is 1.12. The molecule has 0 aromatic heterocycles. The Hall–Kier alpha value is 0.270. The molecule has 12 heavy (non-hydrogen) atoms. The molecule has 0 heterocycles. The maximum atomic E-state index is 9.52. The second-order valence-electron chi connectivity index (χ2n) is 3.71. The number of hydrogen-bond acceptors (Lipinski definition) is 3. The van der Waals surface area contributed by atoms with Gasteiger partial charge in [0, 0.05) is 17.5 Å². The van der Waals surface area contributed by atoms with Crippen molar-refractivity contribution in [3.8, 4) is 0 Å². The highest BCUT2D eigenvalue weighted by Gasteiger charge is 2.24. The van der Waals surface area contributed by atoms with E-state index in [1.54, 1.807) is 0 Å². The molecule has 1 aliphatic carbocycles. The molecular formula is C9H19NOS. The lowest BCUT2D eigenvalue weighted by molar-refractivity contribution is 0.188. The van der Waals surface area contributed by atoms with Crippen LogP contribution in [0.15, 0.2) is 0 Å². The van der Waals surface area contributed by atoms with E-state index in [4.69, 9.17) is 0 Å². The number of nitrogens with zero attached hydrogens (tertiary/aromatic N) is 1. The Labute approximate surface area is 79.3 Å². The van der Waals surface area contributed by atoms with E-state index in [2.05, 4.69) is 19.0 Å². The van der Waals surface area contributed by atoms with Crippen LogP contribution in [0.3, 0.4) is 0 Å². The van der Waals surface area contributed by atoms with E-state index < -0.39 is 0 Å². The van der Waals surface area contributed by atoms with Crippen LogP contribution in [0.25, 0.3) is 0 Å². The van der Waals surface area contributed by atoms with Crippen LogP contribution < -0.4 is 0 Å². The molecule has 1 aliphatic rings. The molecule has 2 atom stereocenters. The smallest absolute Gasteiger partial charge is 0.0658 e. The lowest BCUT2D eigenvalue weighted by Gasteiger charge is -2.15. The maximum absolute atomic E-state index is 9.52. The van der Waals surface area contributed by atoms with E-state index in [0.717, 1.165) is 18.7 Å². The van der Waals surface area contributed by atoms with Gasteiger partial charge in [-0.05, 0) is 33.4 Å². The van der Waals surface area contributed by atoms with Gasteiger partial charge in [0.05, 0.1) is 6.10 Å². The van der Waals surface area contributed by atoms with E-state index in [-0.39, 0.29) is 6.10 Å². The minimum absolute atomic E-state index is 0.0304. The zero-order chi connectivity index (χ0) is 8.97. The zero-order valence-corrected chi connectivity index (χ0v) is 8.81. The van der Waals surface area contributed by atoms with Gasteiger partial charge in [0.15, 0.2) is 0 Å². The Morgan fingerprint density at radius 3 is 2.67 bits per heavy atom. The molecule has 1 fully saturated rings. The molecule has 0 saturated heterocycles. The number of aliphatic hydroxyl groups is 1. The molecular weight excluding hydrogens is 170 g/mol. The van der Waals surface area contributed by atoms with Crippen molar-refractivity contribution in [2.24, 2.45) is 0 Å². The van der Waals surface area contributed by atoms with E-state index in [1.165, 1.54) is 12.8 Å². The van der Waals surface area contributed by atoms with Crippen LogP contribution in [-0.2, 0) is 0 Å². The van der Waals surface area contributed by atoms with Crippen LogP contribution in [0.2, 0.25) is 0 Å². The Morgan fingerprint density at radius 1 is 1.42 bits per heavy atom. The molecule has 1 N–H and O–H groups in total. The van der Waals surface area contributed by atoms with E-state index in [1.807, 2.05) is 11.8 Å². The summed E-state index contributed by atoms with van der Waals surface area (Å²) in [4.78, 5) is 2.19. The fourth-order valence-corrected chi connectivity index (χ4v) is 2.95. The van der Waals surface area contributed by atoms with E-state index >= 15 is 0 Å². The third kappa shape index (κ3) is 3.33. The van der Waals surface area contributed by atoms with Gasteiger partial charge in [0.2, 0.25) is 0 Å². The van der Waals surface area contributed by atoms with Crippen molar-refractivity contribution in [2.45, 2.75) is 30.6 Å². The molecule has 0 aromatic carbocycles. The van der Waals surface area contributed by atoms with Crippen molar-refractivity contribution in [3.63, 3.8) is 0 Å². The molecule has 2 nitrogen and oxygen atoms in total. The van der Waals surface area contributed by atoms with Crippen molar-refractivity contribution in [1.29, 1.82) is 0 Å². The largest absolute Gasteiger partial charge is 0.392 e. The molecule has 0 aromatic rings. The molecule has 3 heteroatoms. The first-order valence-electron chi connectivity index (χ1n) is 4.64. The standard InChI is InChI=1S/C9H19NOS/c1-10(2)6-7-12-9-5-3-4-8(9)11/h8-9,11H,3-7H2,1-2H3. The van der Waals surface area contributed by atoms with Gasteiger partial charge in [0.1, 0.15) is 0 Å². The monoisotopic (exact) mass is 189 g/mol. The third-order valence-electron chi connectivity index (χ3n) is 2.29. The third-order valence-corrected chi connectivity index (χ3v) is 3.68. The normalized spacial score (nSPS) is 30.0. The lowest BCUT2D eigenvalue weighted by Crippen LogP contribution is -2.20. The minimum Gasteiger partial charge on any atom is -0.392 e. The highest BCUT2D eigenvalue weighted by Crippen LogP contribution is 2.29. The molecule has 0 aliphatic heterocycles. The van der Waals surface area contributed by atoms with E-state index in [0.29, 0.717) is 5.25 Å². The molecule has 1 saturated carbocycles. The average Bonchev–Trinajstić information content (AvgIpc) is 2.36. The van der Waals surface area contributed by atoms with Crippen LogP contribution in [0.5, 0.6) is 0 Å². The van der Waals surface area contributed by atoms with Crippen LogP contribution in [0.4, 0.5) is 0 Å². The van der Waals surface area contributed by atoms with Crippen LogP contribution in [0.1, 0.15) is 19.3 Å². The summed E-state index contributed by atoms with van der Waals surface area (Å²) < 4.78 is 0. The number of rotatable bonds is 4. The van der Waals surface area contributed by atoms with Crippen molar-refractivity contribution in [1.82, 2.24) is 4.90 Å². The molecule has 1 rings (SSSR count). The van der Waals surface area contributed by atoms with Crippen molar-refractivity contribution >= 4 is 11.8 Å². The highest BCUT2D eigenvalue weighted by atomic mass is 32.2. The Balaban J connectivity index is 2.06. The summed E-state index contributed by atoms with van der Waals surface area (Å²) in [6, 6.07) is 0. The predicted octanol–water partition coefficient (Wildman–Crippen LogP) is 1.19. The zero-order valence-electron chi connectivity index (χ0n) is 7.99. The van der Waals surface area contributed by atoms with Gasteiger partial charge in [0.25, 0.3) is 0 Å². The molecule has 2 unspecified atom stereocenters. The second kappa shape index (κ2) is 5.10. The van der Waals surface area contributed by atoms with E-state index in [9.17, 15) is 5.11 Å². The van der Waals surface area contributed by atoms with Crippen LogP contribution >= 0.6 is 11.8 Å². The van der Waals surface area contributed by atoms with Gasteiger partial charge >= 0.3 is 0 Å². The lowest BCUT2D eigenvalue weighted by atomic mass is 10.3. The molecule has 0 amide bonds. The fourth-order valence-electron chi connectivity index (χ4n) is 1.49. The molecule has 0 radical (unpaired) electrons. The van der Waals surface area contributed by atoms with Crippen molar-refractivity contribution in [3.05, 3.63) is 0 Å². The quantitative estimate of drug-likeness (QED) is 0.719. The fraction of sp³-hybridized carbons (Fsp3) is 1.00. The number of hydrogen-bond donors (Lipinski definition) is 1. The highest BCUT2D eigenvalue weighted by molar-refractivity contribution is 8.00. The predicted molar refractivity (Wildman–Crippen MR) is 54.7 cm³/mol. The molecule has 0 spiro atoms. The van der Waals surface area contributed by atoms with Gasteiger partial charge in [-0.1, -0.05) is 0 Å². The first kappa shape index (κ1) is 10.4. The van der Waals surface area contributed by atoms with Gasteiger partial charge in [-0.15, -0.1) is 0 Å². The maximum Gasteiger partial charge on any atom is 0.0658 e. The molecule has 0 bridgehead atoms. The summed E-state index contributed by atoms with van der Waals surface area (Å²) >= 11 is 1.93. The van der Waals surface area contributed by atoms with Gasteiger partial charge in [-0.2, -0.15) is 11.8 Å². The Kier molecular flexibility index (Phi) is 4.40. The van der Waals surface area contributed by atoms with Crippen LogP contribution in [0, 0.1) is 0 Å². The van der Waals surface area contributed by atoms with Gasteiger partial charge in [-0.25, -0.2) is 0 Å². The second-order valence-corrected chi connectivity index (χ2v) is 5.06. The molecule has 72 valence electrons. The SMILES string of the molecule is CN(C)CCSC1CCCC1O. The Bertz CT molecular complexity index is 130. The first-order chi connectivity index (χ1) is 5.70. The van der Waals surface area contributed by atoms with Gasteiger partial charge < -0.3 is 10.0 Å². The number of aliphatic hydroxyl groups excluding tert-OH is 1. The summed E-state index contributed by atoms with van der Waals surface area (Å²) in [5.74, 6) is 1.15. The summed E-state index contributed by atoms with van der Waals surface area (Å²) in [5, 5.41) is 10.0. The summed E-state index contributed by atoms with van der Waals surface area (Å²) in [7, 11) is 4.18. The average molecular weight is 189 g/mol.